The molecule has 24 heavy (non-hydrogen) atoms. The van der Waals surface area contributed by atoms with E-state index in [1.54, 1.807) is 23.1 Å². The Morgan fingerprint density at radius 3 is 2.50 bits per heavy atom. The number of halogens is 1. The van der Waals surface area contributed by atoms with Crippen LogP contribution in [-0.4, -0.2) is 28.8 Å². The van der Waals surface area contributed by atoms with Crippen molar-refractivity contribution in [2.24, 2.45) is 0 Å². The fourth-order valence-corrected chi connectivity index (χ4v) is 3.57. The molecule has 0 N–H and O–H groups in total. The third kappa shape index (κ3) is 3.41. The topological polar surface area (TPSA) is 63.4 Å². The van der Waals surface area contributed by atoms with E-state index in [0.717, 1.165) is 24.6 Å². The van der Waals surface area contributed by atoms with Crippen molar-refractivity contribution in [2.45, 2.75) is 22.6 Å². The first kappa shape index (κ1) is 16.4. The van der Waals surface area contributed by atoms with Crippen LogP contribution in [0.4, 0.5) is 10.1 Å². The Hall–Kier alpha value is -2.41. The van der Waals surface area contributed by atoms with Crippen LogP contribution in [0.2, 0.25) is 0 Å². The van der Waals surface area contributed by atoms with Gasteiger partial charge < -0.3 is 4.90 Å². The van der Waals surface area contributed by atoms with E-state index in [1.165, 1.54) is 24.3 Å². The van der Waals surface area contributed by atoms with Crippen LogP contribution in [-0.2, 0) is 0 Å². The molecule has 0 radical (unpaired) electrons. The van der Waals surface area contributed by atoms with Gasteiger partial charge in [-0.2, -0.15) is 0 Å². The van der Waals surface area contributed by atoms with Crippen LogP contribution in [0.5, 0.6) is 0 Å². The Morgan fingerprint density at radius 1 is 1.12 bits per heavy atom. The number of carbonyl (C=O) groups is 1. The summed E-state index contributed by atoms with van der Waals surface area (Å²) >= 11 is 1.10. The highest BCUT2D eigenvalue weighted by atomic mass is 32.2. The number of rotatable bonds is 4. The van der Waals surface area contributed by atoms with Gasteiger partial charge in [-0.05, 0) is 31.0 Å². The van der Waals surface area contributed by atoms with Crippen molar-refractivity contribution in [2.75, 3.05) is 13.1 Å². The predicted octanol–water partition coefficient (Wildman–Crippen LogP) is 4.12. The molecule has 5 nitrogen and oxygen atoms in total. The third-order valence-electron chi connectivity index (χ3n) is 3.85. The largest absolute Gasteiger partial charge is 0.339 e. The summed E-state index contributed by atoms with van der Waals surface area (Å²) in [5.41, 5.74) is 0.106. The van der Waals surface area contributed by atoms with Gasteiger partial charge in [0.1, 0.15) is 5.82 Å². The first-order valence-electron chi connectivity index (χ1n) is 7.56. The van der Waals surface area contributed by atoms with Gasteiger partial charge in [-0.3, -0.25) is 14.9 Å². The molecule has 1 amide bonds. The van der Waals surface area contributed by atoms with Crippen molar-refractivity contribution < 1.29 is 14.1 Å². The number of non-ortho nitro benzene ring substituents is 1. The molecule has 1 saturated heterocycles. The molecule has 0 aliphatic carbocycles. The molecular formula is C17H15FN2O3S. The van der Waals surface area contributed by atoms with Gasteiger partial charge in [0.15, 0.2) is 0 Å². The van der Waals surface area contributed by atoms with Gasteiger partial charge in [0.25, 0.3) is 11.6 Å². The zero-order valence-electron chi connectivity index (χ0n) is 12.8. The fraction of sp³-hybridized carbons (Fsp3) is 0.235. The minimum atomic E-state index is -0.529. The van der Waals surface area contributed by atoms with Crippen molar-refractivity contribution >= 4 is 23.4 Å². The highest BCUT2D eigenvalue weighted by molar-refractivity contribution is 7.99. The molecule has 1 aliphatic heterocycles. The van der Waals surface area contributed by atoms with Crippen molar-refractivity contribution in [3.8, 4) is 0 Å². The lowest BCUT2D eigenvalue weighted by Crippen LogP contribution is -2.28. The second-order valence-electron chi connectivity index (χ2n) is 5.47. The third-order valence-corrected chi connectivity index (χ3v) is 4.98. The number of hydrogen-bond donors (Lipinski definition) is 0. The van der Waals surface area contributed by atoms with Crippen LogP contribution in [0.15, 0.2) is 52.3 Å². The Bertz CT molecular complexity index is 791. The minimum absolute atomic E-state index is 0.143. The van der Waals surface area contributed by atoms with Gasteiger partial charge in [-0.15, -0.1) is 0 Å². The fourth-order valence-electron chi connectivity index (χ4n) is 2.62. The summed E-state index contributed by atoms with van der Waals surface area (Å²) < 4.78 is 13.9. The average molecular weight is 346 g/mol. The van der Waals surface area contributed by atoms with E-state index in [1.807, 2.05) is 0 Å². The lowest BCUT2D eigenvalue weighted by molar-refractivity contribution is -0.384. The van der Waals surface area contributed by atoms with Crippen molar-refractivity contribution in [3.63, 3.8) is 0 Å². The van der Waals surface area contributed by atoms with Gasteiger partial charge in [-0.1, -0.05) is 23.9 Å². The monoisotopic (exact) mass is 346 g/mol. The molecule has 0 atom stereocenters. The van der Waals surface area contributed by atoms with Crippen molar-refractivity contribution in [1.82, 2.24) is 4.90 Å². The zero-order chi connectivity index (χ0) is 17.1. The van der Waals surface area contributed by atoms with Gasteiger partial charge >= 0.3 is 0 Å². The molecule has 1 aliphatic rings. The number of nitro groups is 1. The minimum Gasteiger partial charge on any atom is -0.339 e. The van der Waals surface area contributed by atoms with Crippen LogP contribution in [0, 0.1) is 15.9 Å². The van der Waals surface area contributed by atoms with E-state index in [-0.39, 0.29) is 23.0 Å². The standard InChI is InChI=1S/C17H15FN2O3S/c18-14-5-1-2-6-16(14)24-15-8-7-12(20(22)23)11-13(15)17(21)19-9-3-4-10-19/h1-2,5-8,11H,3-4,9-10H2. The Kier molecular flexibility index (Phi) is 4.80. The molecule has 0 aromatic heterocycles. The van der Waals surface area contributed by atoms with Gasteiger partial charge in [0.2, 0.25) is 0 Å². The van der Waals surface area contributed by atoms with Gasteiger partial charge in [0, 0.05) is 35.0 Å². The summed E-state index contributed by atoms with van der Waals surface area (Å²) in [5, 5.41) is 11.0. The highest BCUT2D eigenvalue weighted by Crippen LogP contribution is 2.35. The number of likely N-dealkylation sites (tertiary alicyclic amines) is 1. The number of carbonyl (C=O) groups excluding carboxylic acids is 1. The second kappa shape index (κ2) is 7.00. The van der Waals surface area contributed by atoms with Crippen molar-refractivity contribution in [3.05, 3.63) is 64.0 Å². The zero-order valence-corrected chi connectivity index (χ0v) is 13.6. The molecular weight excluding hydrogens is 331 g/mol. The molecule has 124 valence electrons. The van der Waals surface area contributed by atoms with E-state index >= 15 is 0 Å². The maximum absolute atomic E-state index is 13.9. The summed E-state index contributed by atoms with van der Waals surface area (Å²) in [6.07, 6.45) is 1.85. The molecule has 3 rings (SSSR count). The molecule has 0 saturated carbocycles. The summed E-state index contributed by atoms with van der Waals surface area (Å²) in [7, 11) is 0. The summed E-state index contributed by atoms with van der Waals surface area (Å²) in [6.45, 7) is 1.29. The van der Waals surface area contributed by atoms with Crippen LogP contribution in [0.25, 0.3) is 0 Å². The number of benzene rings is 2. The van der Waals surface area contributed by atoms with Crippen LogP contribution < -0.4 is 0 Å². The van der Waals surface area contributed by atoms with Gasteiger partial charge in [0.05, 0.1) is 10.5 Å². The van der Waals surface area contributed by atoms with E-state index in [0.29, 0.717) is 22.9 Å². The normalized spacial score (nSPS) is 14.0. The smallest absolute Gasteiger partial charge is 0.270 e. The number of nitrogens with zero attached hydrogens (tertiary/aromatic N) is 2. The molecule has 0 unspecified atom stereocenters. The summed E-state index contributed by atoms with van der Waals surface area (Å²) in [5.74, 6) is -0.629. The highest BCUT2D eigenvalue weighted by Gasteiger charge is 2.24. The quantitative estimate of drug-likeness (QED) is 0.617. The van der Waals surface area contributed by atoms with Crippen LogP contribution in [0.3, 0.4) is 0 Å². The molecule has 0 spiro atoms. The molecule has 7 heteroatoms. The lowest BCUT2D eigenvalue weighted by Gasteiger charge is -2.17. The Morgan fingerprint density at radius 2 is 1.83 bits per heavy atom. The maximum atomic E-state index is 13.9. The second-order valence-corrected chi connectivity index (χ2v) is 6.55. The number of hydrogen-bond acceptors (Lipinski definition) is 4. The number of nitro benzene ring substituents is 1. The Balaban J connectivity index is 1.99. The number of amides is 1. The molecule has 2 aromatic carbocycles. The first-order valence-corrected chi connectivity index (χ1v) is 8.38. The summed E-state index contributed by atoms with van der Waals surface area (Å²) in [4.78, 5) is 25.8. The van der Waals surface area contributed by atoms with Crippen molar-refractivity contribution in [1.29, 1.82) is 0 Å². The first-order chi connectivity index (χ1) is 11.6. The lowest BCUT2D eigenvalue weighted by atomic mass is 10.1. The molecule has 2 aromatic rings. The molecule has 0 bridgehead atoms. The van der Waals surface area contributed by atoms with E-state index in [2.05, 4.69) is 0 Å². The average Bonchev–Trinajstić information content (AvgIpc) is 3.11. The summed E-state index contributed by atoms with van der Waals surface area (Å²) in [6, 6.07) is 10.4. The maximum Gasteiger partial charge on any atom is 0.270 e. The molecule has 1 heterocycles. The SMILES string of the molecule is O=C(c1cc([N+](=O)[O-])ccc1Sc1ccccc1F)N1CCCC1. The van der Waals surface area contributed by atoms with E-state index in [9.17, 15) is 19.3 Å². The van der Waals surface area contributed by atoms with E-state index < -0.39 is 4.92 Å². The van der Waals surface area contributed by atoms with Gasteiger partial charge in [-0.25, -0.2) is 4.39 Å². The molecule has 1 fully saturated rings. The van der Waals surface area contributed by atoms with Crippen LogP contribution >= 0.6 is 11.8 Å². The Labute approximate surface area is 142 Å². The van der Waals surface area contributed by atoms with E-state index in [4.69, 9.17) is 0 Å². The van der Waals surface area contributed by atoms with Crippen LogP contribution in [0.1, 0.15) is 23.2 Å². The predicted molar refractivity (Wildman–Crippen MR) is 88.8 cm³/mol.